The maximum absolute atomic E-state index is 12.7. The van der Waals surface area contributed by atoms with Crippen LogP contribution in [0, 0.1) is 5.92 Å². The number of methoxy groups -OCH3 is 1. The minimum Gasteiger partial charge on any atom is -0.496 e. The van der Waals surface area contributed by atoms with E-state index >= 15 is 0 Å². The Balaban J connectivity index is 2.24. The van der Waals surface area contributed by atoms with E-state index in [0.717, 1.165) is 11.0 Å². The highest BCUT2D eigenvalue weighted by Crippen LogP contribution is 2.32. The lowest BCUT2D eigenvalue weighted by molar-refractivity contribution is 0.0693. The Labute approximate surface area is 123 Å². The van der Waals surface area contributed by atoms with E-state index in [2.05, 4.69) is 29.8 Å². The fourth-order valence-corrected chi connectivity index (χ4v) is 2.44. The Morgan fingerprint density at radius 3 is 2.68 bits per heavy atom. The lowest BCUT2D eigenvalue weighted by atomic mass is 10.1. The highest BCUT2D eigenvalue weighted by atomic mass is 79.9. The van der Waals surface area contributed by atoms with E-state index in [9.17, 15) is 4.79 Å². The first kappa shape index (κ1) is 14.4. The van der Waals surface area contributed by atoms with Crippen molar-refractivity contribution in [2.24, 2.45) is 5.92 Å². The van der Waals surface area contributed by atoms with Crippen LogP contribution in [0.3, 0.4) is 0 Å². The molecule has 0 N–H and O–H groups in total. The molecular weight excluding hydrogens is 306 g/mol. The molecule has 0 spiro atoms. The molecule has 0 atom stereocenters. The molecule has 1 saturated carbocycles. The number of hydrogen-bond donors (Lipinski definition) is 0. The first-order valence-corrected chi connectivity index (χ1v) is 7.46. The van der Waals surface area contributed by atoms with Gasteiger partial charge in [-0.05, 0) is 50.8 Å². The summed E-state index contributed by atoms with van der Waals surface area (Å²) in [5, 5.41) is 0. The van der Waals surface area contributed by atoms with E-state index in [0.29, 0.717) is 17.2 Å². The van der Waals surface area contributed by atoms with Crippen LogP contribution in [0.15, 0.2) is 22.7 Å². The van der Waals surface area contributed by atoms with E-state index < -0.39 is 0 Å². The Hall–Kier alpha value is -1.03. The molecule has 1 fully saturated rings. The third kappa shape index (κ3) is 3.50. The lowest BCUT2D eigenvalue weighted by Crippen LogP contribution is -2.38. The van der Waals surface area contributed by atoms with Gasteiger partial charge in [-0.2, -0.15) is 0 Å². The molecular formula is C15H20BrNO2. The molecule has 0 unspecified atom stereocenters. The maximum Gasteiger partial charge on any atom is 0.257 e. The third-order valence-corrected chi connectivity index (χ3v) is 3.92. The van der Waals surface area contributed by atoms with Crippen LogP contribution >= 0.6 is 15.9 Å². The summed E-state index contributed by atoms with van der Waals surface area (Å²) in [5.41, 5.74) is 0.639. The molecule has 1 amide bonds. The van der Waals surface area contributed by atoms with Crippen molar-refractivity contribution in [3.8, 4) is 5.75 Å². The number of amides is 1. The van der Waals surface area contributed by atoms with Crippen molar-refractivity contribution >= 4 is 21.8 Å². The first-order chi connectivity index (χ1) is 9.02. The standard InChI is InChI=1S/C15H20BrNO2/c1-10(2)17(9-11-4-5-11)15(18)13-7-6-12(16)8-14(13)19-3/h6-8,10-11H,4-5,9H2,1-3H3. The molecule has 0 aromatic heterocycles. The number of carbonyl (C=O) groups is 1. The monoisotopic (exact) mass is 325 g/mol. The number of benzene rings is 1. The molecule has 0 heterocycles. The van der Waals surface area contributed by atoms with E-state index in [-0.39, 0.29) is 11.9 Å². The van der Waals surface area contributed by atoms with E-state index in [1.54, 1.807) is 7.11 Å². The minimum atomic E-state index is 0.0613. The number of halogens is 1. The Kier molecular flexibility index (Phi) is 4.50. The van der Waals surface area contributed by atoms with Crippen molar-refractivity contribution in [2.75, 3.05) is 13.7 Å². The minimum absolute atomic E-state index is 0.0613. The molecule has 1 aliphatic rings. The predicted octanol–water partition coefficient (Wildman–Crippen LogP) is 3.72. The number of ether oxygens (including phenoxy) is 1. The number of hydrogen-bond acceptors (Lipinski definition) is 2. The van der Waals surface area contributed by atoms with Gasteiger partial charge in [0.15, 0.2) is 0 Å². The van der Waals surface area contributed by atoms with Gasteiger partial charge in [-0.15, -0.1) is 0 Å². The SMILES string of the molecule is COc1cc(Br)ccc1C(=O)N(CC1CC1)C(C)C. The van der Waals surface area contributed by atoms with Gasteiger partial charge < -0.3 is 9.64 Å². The summed E-state index contributed by atoms with van der Waals surface area (Å²) in [7, 11) is 1.60. The van der Waals surface area contributed by atoms with Gasteiger partial charge in [-0.25, -0.2) is 0 Å². The average Bonchev–Trinajstić information content (AvgIpc) is 3.18. The summed E-state index contributed by atoms with van der Waals surface area (Å²) in [6.07, 6.45) is 2.49. The summed E-state index contributed by atoms with van der Waals surface area (Å²) in [6.45, 7) is 4.98. The fraction of sp³-hybridized carbons (Fsp3) is 0.533. The second kappa shape index (κ2) is 5.95. The zero-order valence-corrected chi connectivity index (χ0v) is 13.2. The highest BCUT2D eigenvalue weighted by molar-refractivity contribution is 9.10. The normalized spacial score (nSPS) is 14.6. The van der Waals surface area contributed by atoms with Crippen LogP contribution in [0.1, 0.15) is 37.0 Å². The van der Waals surface area contributed by atoms with E-state index in [1.165, 1.54) is 12.8 Å². The summed E-state index contributed by atoms with van der Waals surface area (Å²) >= 11 is 3.40. The molecule has 3 nitrogen and oxygen atoms in total. The molecule has 0 aliphatic heterocycles. The van der Waals surface area contributed by atoms with Crippen molar-refractivity contribution < 1.29 is 9.53 Å². The van der Waals surface area contributed by atoms with Crippen LogP contribution in [-0.4, -0.2) is 30.5 Å². The van der Waals surface area contributed by atoms with Crippen molar-refractivity contribution in [2.45, 2.75) is 32.7 Å². The van der Waals surface area contributed by atoms with Crippen LogP contribution in [0.2, 0.25) is 0 Å². The molecule has 1 aliphatic carbocycles. The third-order valence-electron chi connectivity index (χ3n) is 3.43. The highest BCUT2D eigenvalue weighted by Gasteiger charge is 2.29. The molecule has 0 saturated heterocycles. The molecule has 4 heteroatoms. The van der Waals surface area contributed by atoms with Crippen LogP contribution < -0.4 is 4.74 Å². The van der Waals surface area contributed by atoms with Gasteiger partial charge >= 0.3 is 0 Å². The molecule has 1 aromatic carbocycles. The smallest absolute Gasteiger partial charge is 0.257 e. The summed E-state index contributed by atoms with van der Waals surface area (Å²) in [5.74, 6) is 1.37. The van der Waals surface area contributed by atoms with Gasteiger partial charge in [0, 0.05) is 17.1 Å². The van der Waals surface area contributed by atoms with Crippen LogP contribution in [0.5, 0.6) is 5.75 Å². The average molecular weight is 326 g/mol. The number of rotatable bonds is 5. The number of nitrogens with zero attached hydrogens (tertiary/aromatic N) is 1. The fourth-order valence-electron chi connectivity index (χ4n) is 2.10. The van der Waals surface area contributed by atoms with Gasteiger partial charge in [-0.3, -0.25) is 4.79 Å². The molecule has 0 radical (unpaired) electrons. The van der Waals surface area contributed by atoms with Crippen molar-refractivity contribution in [3.63, 3.8) is 0 Å². The Morgan fingerprint density at radius 2 is 2.16 bits per heavy atom. The summed E-state index contributed by atoms with van der Waals surface area (Å²) < 4.78 is 6.24. The van der Waals surface area contributed by atoms with E-state index in [4.69, 9.17) is 4.74 Å². The van der Waals surface area contributed by atoms with Gasteiger partial charge in [0.25, 0.3) is 5.91 Å². The van der Waals surface area contributed by atoms with Crippen LogP contribution in [-0.2, 0) is 0 Å². The van der Waals surface area contributed by atoms with Crippen molar-refractivity contribution in [3.05, 3.63) is 28.2 Å². The largest absolute Gasteiger partial charge is 0.496 e. The molecule has 1 aromatic rings. The Bertz CT molecular complexity index is 469. The molecule has 2 rings (SSSR count). The summed E-state index contributed by atoms with van der Waals surface area (Å²) in [6, 6.07) is 5.75. The topological polar surface area (TPSA) is 29.5 Å². The maximum atomic E-state index is 12.7. The predicted molar refractivity (Wildman–Crippen MR) is 79.6 cm³/mol. The quantitative estimate of drug-likeness (QED) is 0.825. The van der Waals surface area contributed by atoms with Gasteiger partial charge in [0.05, 0.1) is 12.7 Å². The molecule has 19 heavy (non-hydrogen) atoms. The van der Waals surface area contributed by atoms with E-state index in [1.807, 2.05) is 23.1 Å². The zero-order valence-electron chi connectivity index (χ0n) is 11.6. The summed E-state index contributed by atoms with van der Waals surface area (Å²) in [4.78, 5) is 14.6. The second-order valence-electron chi connectivity index (χ2n) is 5.34. The molecule has 0 bridgehead atoms. The van der Waals surface area contributed by atoms with Gasteiger partial charge in [0.1, 0.15) is 5.75 Å². The van der Waals surface area contributed by atoms with Crippen LogP contribution in [0.25, 0.3) is 0 Å². The Morgan fingerprint density at radius 1 is 1.47 bits per heavy atom. The van der Waals surface area contributed by atoms with Gasteiger partial charge in [0.2, 0.25) is 0 Å². The van der Waals surface area contributed by atoms with Crippen molar-refractivity contribution in [1.29, 1.82) is 0 Å². The zero-order chi connectivity index (χ0) is 14.0. The van der Waals surface area contributed by atoms with Gasteiger partial charge in [-0.1, -0.05) is 15.9 Å². The second-order valence-corrected chi connectivity index (χ2v) is 6.25. The van der Waals surface area contributed by atoms with Crippen LogP contribution in [0.4, 0.5) is 0 Å². The molecule has 104 valence electrons. The first-order valence-electron chi connectivity index (χ1n) is 6.67. The number of carbonyl (C=O) groups excluding carboxylic acids is 1. The lowest BCUT2D eigenvalue weighted by Gasteiger charge is -2.27. The van der Waals surface area contributed by atoms with Crippen molar-refractivity contribution in [1.82, 2.24) is 4.90 Å².